The van der Waals surface area contributed by atoms with Gasteiger partial charge in [0.25, 0.3) is 0 Å². The van der Waals surface area contributed by atoms with Gasteiger partial charge in [-0.2, -0.15) is 0 Å². The van der Waals surface area contributed by atoms with Crippen molar-refractivity contribution in [3.8, 4) is 44.5 Å². The molecule has 11 aromatic rings. The van der Waals surface area contributed by atoms with Crippen LogP contribution in [0, 0.1) is 0 Å². The van der Waals surface area contributed by atoms with Gasteiger partial charge in [-0.3, -0.25) is 0 Å². The van der Waals surface area contributed by atoms with Gasteiger partial charge in [0.15, 0.2) is 0 Å². The maximum atomic E-state index is 2.57. The Morgan fingerprint density at radius 1 is 0.232 bits per heavy atom. The molecule has 0 radical (unpaired) electrons. The fraction of sp³-hybridized carbons (Fsp3) is 0.0294. The molecule has 0 saturated carbocycles. The molecule has 69 heavy (non-hydrogen) atoms. The molecular formula is C68H47N. The highest BCUT2D eigenvalue weighted by molar-refractivity contribution is 6.00. The molecular weight excluding hydrogens is 831 g/mol. The van der Waals surface area contributed by atoms with Crippen LogP contribution >= 0.6 is 0 Å². The lowest BCUT2D eigenvalue weighted by molar-refractivity contribution is 0.768. The Kier molecular flexibility index (Phi) is 9.70. The molecule has 2 aliphatic rings. The van der Waals surface area contributed by atoms with Gasteiger partial charge in [-0.15, -0.1) is 0 Å². The zero-order valence-electron chi connectivity index (χ0n) is 38.1. The first kappa shape index (κ1) is 40.5. The highest BCUT2D eigenvalue weighted by atomic mass is 15.1. The van der Waals surface area contributed by atoms with Crippen molar-refractivity contribution >= 4 is 17.1 Å². The maximum Gasteiger partial charge on any atom is 0.0714 e. The van der Waals surface area contributed by atoms with Crippen molar-refractivity contribution in [3.05, 3.63) is 330 Å². The third-order valence-corrected chi connectivity index (χ3v) is 14.8. The number of benzene rings is 11. The van der Waals surface area contributed by atoms with E-state index in [4.69, 9.17) is 0 Å². The average molecular weight is 878 g/mol. The van der Waals surface area contributed by atoms with Crippen molar-refractivity contribution in [3.63, 3.8) is 0 Å². The zero-order chi connectivity index (χ0) is 45.8. The number of anilines is 3. The highest BCUT2D eigenvalue weighted by Gasteiger charge is 2.49. The average Bonchev–Trinajstić information content (AvgIpc) is 3.91. The standard InChI is InChI=1S/C68H47N/c1-6-24-48(25-7-1)49-26-22-27-50(46-49)56-36-18-21-42-64(56)69(55-44-45-58-57-37-16-19-39-60(57)68(63(58)47-55,53-32-12-4-13-33-53)54-34-14-5-15-35-54)65-43-23-41-62-66(65)59-38-17-20-40-61(59)67(62,51-28-8-2-9-29-51)52-30-10-3-11-31-52/h1-47H. The van der Waals surface area contributed by atoms with E-state index < -0.39 is 10.8 Å². The third-order valence-electron chi connectivity index (χ3n) is 14.8. The minimum atomic E-state index is -0.569. The summed E-state index contributed by atoms with van der Waals surface area (Å²) in [4.78, 5) is 2.57. The van der Waals surface area contributed by atoms with E-state index in [1.807, 2.05) is 0 Å². The summed E-state index contributed by atoms with van der Waals surface area (Å²) in [6.07, 6.45) is 0. The van der Waals surface area contributed by atoms with E-state index in [1.54, 1.807) is 0 Å². The normalized spacial score (nSPS) is 13.4. The Morgan fingerprint density at radius 2 is 0.638 bits per heavy atom. The lowest BCUT2D eigenvalue weighted by atomic mass is 9.67. The predicted molar refractivity (Wildman–Crippen MR) is 287 cm³/mol. The summed E-state index contributed by atoms with van der Waals surface area (Å²) in [7, 11) is 0. The molecule has 0 atom stereocenters. The van der Waals surface area contributed by atoms with Gasteiger partial charge in [0.2, 0.25) is 0 Å². The molecule has 1 nitrogen and oxygen atoms in total. The highest BCUT2D eigenvalue weighted by Crippen LogP contribution is 2.61. The first-order chi connectivity index (χ1) is 34.3. The minimum absolute atomic E-state index is 0.561. The van der Waals surface area contributed by atoms with Crippen LogP contribution in [0.1, 0.15) is 44.5 Å². The van der Waals surface area contributed by atoms with Gasteiger partial charge < -0.3 is 4.90 Å². The summed E-state index contributed by atoms with van der Waals surface area (Å²) in [6, 6.07) is 106. The summed E-state index contributed by atoms with van der Waals surface area (Å²) in [5.74, 6) is 0. The van der Waals surface area contributed by atoms with Gasteiger partial charge in [0, 0.05) is 16.8 Å². The van der Waals surface area contributed by atoms with E-state index in [9.17, 15) is 0 Å². The van der Waals surface area contributed by atoms with Gasteiger partial charge in [-0.25, -0.2) is 0 Å². The fourth-order valence-electron chi connectivity index (χ4n) is 12.0. The summed E-state index contributed by atoms with van der Waals surface area (Å²) in [5, 5.41) is 0. The molecule has 0 saturated heterocycles. The first-order valence-corrected chi connectivity index (χ1v) is 24.0. The number of para-hydroxylation sites is 1. The Morgan fingerprint density at radius 3 is 1.25 bits per heavy atom. The third kappa shape index (κ3) is 6.17. The second-order valence-electron chi connectivity index (χ2n) is 18.3. The van der Waals surface area contributed by atoms with E-state index >= 15 is 0 Å². The first-order valence-electron chi connectivity index (χ1n) is 24.0. The van der Waals surface area contributed by atoms with Crippen LogP contribution < -0.4 is 4.90 Å². The molecule has 0 spiro atoms. The van der Waals surface area contributed by atoms with Gasteiger partial charge in [-0.05, 0) is 108 Å². The molecule has 0 unspecified atom stereocenters. The summed E-state index contributed by atoms with van der Waals surface area (Å²) >= 11 is 0. The Labute approximate surface area is 404 Å². The van der Waals surface area contributed by atoms with Crippen LogP contribution in [0.5, 0.6) is 0 Å². The van der Waals surface area contributed by atoms with Gasteiger partial charge in [-0.1, -0.05) is 255 Å². The van der Waals surface area contributed by atoms with Crippen molar-refractivity contribution < 1.29 is 0 Å². The second-order valence-corrected chi connectivity index (χ2v) is 18.3. The molecule has 0 fully saturated rings. The van der Waals surface area contributed by atoms with E-state index in [0.29, 0.717) is 0 Å². The van der Waals surface area contributed by atoms with E-state index in [1.165, 1.54) is 77.9 Å². The Balaban J connectivity index is 1.13. The molecule has 2 aliphatic carbocycles. The van der Waals surface area contributed by atoms with E-state index in [0.717, 1.165) is 28.2 Å². The number of fused-ring (bicyclic) bond motifs is 6. The molecule has 13 rings (SSSR count). The van der Waals surface area contributed by atoms with Crippen LogP contribution in [0.25, 0.3) is 44.5 Å². The SMILES string of the molecule is c1ccc(-c2cccc(-c3ccccc3N(c3ccc4c(c3)C(c3ccccc3)(c3ccccc3)c3ccccc3-4)c3cccc4c3-c3ccccc3C4(c3ccccc3)c3ccccc3)c2)cc1. The van der Waals surface area contributed by atoms with Gasteiger partial charge in [0.1, 0.15) is 0 Å². The maximum absolute atomic E-state index is 2.57. The Bertz CT molecular complexity index is 3570. The number of rotatable bonds is 9. The van der Waals surface area contributed by atoms with Crippen LogP contribution in [0.4, 0.5) is 17.1 Å². The summed E-state index contributed by atoms with van der Waals surface area (Å²) in [6.45, 7) is 0. The fourth-order valence-corrected chi connectivity index (χ4v) is 12.0. The van der Waals surface area contributed by atoms with Gasteiger partial charge in [0.05, 0.1) is 22.2 Å². The molecule has 0 aromatic heterocycles. The van der Waals surface area contributed by atoms with Crippen LogP contribution in [0.3, 0.4) is 0 Å². The largest absolute Gasteiger partial charge is 0.309 e. The van der Waals surface area contributed by atoms with Crippen LogP contribution in [0.2, 0.25) is 0 Å². The van der Waals surface area contributed by atoms with E-state index in [-0.39, 0.29) is 0 Å². The lowest BCUT2D eigenvalue weighted by Gasteiger charge is -2.36. The number of hydrogen-bond donors (Lipinski definition) is 0. The quantitative estimate of drug-likeness (QED) is 0.140. The monoisotopic (exact) mass is 877 g/mol. The van der Waals surface area contributed by atoms with Gasteiger partial charge >= 0.3 is 0 Å². The van der Waals surface area contributed by atoms with Crippen molar-refractivity contribution in [2.45, 2.75) is 10.8 Å². The molecule has 0 N–H and O–H groups in total. The number of nitrogens with zero attached hydrogens (tertiary/aromatic N) is 1. The van der Waals surface area contributed by atoms with Crippen LogP contribution in [-0.2, 0) is 10.8 Å². The van der Waals surface area contributed by atoms with Crippen molar-refractivity contribution in [1.82, 2.24) is 0 Å². The predicted octanol–water partition coefficient (Wildman–Crippen LogP) is 17.2. The number of hydrogen-bond acceptors (Lipinski definition) is 1. The molecule has 0 amide bonds. The minimum Gasteiger partial charge on any atom is -0.309 e. The molecule has 324 valence electrons. The molecule has 1 heteroatoms. The van der Waals surface area contributed by atoms with Crippen molar-refractivity contribution in [2.75, 3.05) is 4.90 Å². The van der Waals surface area contributed by atoms with Crippen LogP contribution in [0.15, 0.2) is 285 Å². The topological polar surface area (TPSA) is 3.24 Å². The second kappa shape index (κ2) is 16.5. The van der Waals surface area contributed by atoms with Crippen molar-refractivity contribution in [2.24, 2.45) is 0 Å². The molecule has 11 aromatic carbocycles. The summed E-state index contributed by atoms with van der Waals surface area (Å²) in [5.41, 5.74) is 22.0. The lowest BCUT2D eigenvalue weighted by Crippen LogP contribution is -2.29. The van der Waals surface area contributed by atoms with E-state index in [2.05, 4.69) is 290 Å². The molecule has 0 aliphatic heterocycles. The van der Waals surface area contributed by atoms with Crippen LogP contribution in [-0.4, -0.2) is 0 Å². The smallest absolute Gasteiger partial charge is 0.0714 e. The molecule has 0 heterocycles. The Hall–Kier alpha value is -8.78. The zero-order valence-corrected chi connectivity index (χ0v) is 38.1. The molecule has 0 bridgehead atoms. The summed E-state index contributed by atoms with van der Waals surface area (Å²) < 4.78 is 0. The van der Waals surface area contributed by atoms with Crippen molar-refractivity contribution in [1.29, 1.82) is 0 Å².